The Hall–Kier alpha value is -3.82. The number of benzene rings is 1. The zero-order chi connectivity index (χ0) is 28.7. The number of aryl methyl sites for hydroxylation is 1. The summed E-state index contributed by atoms with van der Waals surface area (Å²) in [6.45, 7) is 5.92. The largest absolute Gasteiger partial charge is 0.384 e. The minimum atomic E-state index is -1.02. The Balaban J connectivity index is 1.31. The molecule has 0 bridgehead atoms. The summed E-state index contributed by atoms with van der Waals surface area (Å²) < 4.78 is 3.27. The van der Waals surface area contributed by atoms with Crippen LogP contribution in [0.2, 0.25) is 0 Å². The summed E-state index contributed by atoms with van der Waals surface area (Å²) in [5.41, 5.74) is 3.16. The van der Waals surface area contributed by atoms with Gasteiger partial charge in [-0.3, -0.25) is 4.79 Å². The van der Waals surface area contributed by atoms with Gasteiger partial charge in [-0.2, -0.15) is 4.98 Å². The number of aliphatic hydroxyl groups is 1. The van der Waals surface area contributed by atoms with Gasteiger partial charge in [-0.25, -0.2) is 19.3 Å². The molecule has 0 amide bonds. The number of allylic oxidation sites excluding steroid dienone is 1. The Morgan fingerprint density at radius 2 is 1.88 bits per heavy atom. The minimum absolute atomic E-state index is 0.217. The van der Waals surface area contributed by atoms with E-state index in [9.17, 15) is 9.90 Å². The van der Waals surface area contributed by atoms with Crippen molar-refractivity contribution in [1.29, 1.82) is 0 Å². The number of hydrogen-bond acceptors (Lipinski definition) is 7. The average molecular weight is 554 g/mol. The fraction of sp³-hybridized carbons (Fsp3) is 0.438. The summed E-state index contributed by atoms with van der Waals surface area (Å²) in [4.78, 5) is 29.8. The Labute approximate surface area is 240 Å². The van der Waals surface area contributed by atoms with Crippen LogP contribution in [-0.4, -0.2) is 54.5 Å². The van der Waals surface area contributed by atoms with E-state index in [4.69, 9.17) is 9.97 Å². The topological polar surface area (TPSA) is 101 Å². The minimum Gasteiger partial charge on any atom is -0.384 e. The SMILES string of the molecule is C=CCn1c(=O)c2cnc(Nc3ccc([C@H]4CC[C@@H](N(C)C)CC4)cc3)nc2n1-c1ccc2c(n1)C(C)(O)CCC2. The first-order valence-electron chi connectivity index (χ1n) is 14.6. The smallest absolute Gasteiger partial charge is 0.278 e. The lowest BCUT2D eigenvalue weighted by Crippen LogP contribution is -2.31. The highest BCUT2D eigenvalue weighted by molar-refractivity contribution is 5.77. The normalized spacial score (nSPS) is 22.6. The molecule has 6 rings (SSSR count). The molecule has 41 heavy (non-hydrogen) atoms. The van der Waals surface area contributed by atoms with Gasteiger partial charge in [0.1, 0.15) is 11.0 Å². The Morgan fingerprint density at radius 3 is 2.59 bits per heavy atom. The van der Waals surface area contributed by atoms with Gasteiger partial charge in [-0.05, 0) is 101 Å². The van der Waals surface area contributed by atoms with Gasteiger partial charge < -0.3 is 15.3 Å². The molecule has 0 spiro atoms. The first kappa shape index (κ1) is 27.4. The molecule has 9 heteroatoms. The predicted molar refractivity (Wildman–Crippen MR) is 162 cm³/mol. The molecule has 1 aromatic carbocycles. The second-order valence-electron chi connectivity index (χ2n) is 11.9. The van der Waals surface area contributed by atoms with Crippen LogP contribution < -0.4 is 10.9 Å². The lowest BCUT2D eigenvalue weighted by molar-refractivity contribution is 0.0339. The van der Waals surface area contributed by atoms with Crippen molar-refractivity contribution in [2.24, 2.45) is 0 Å². The zero-order valence-corrected chi connectivity index (χ0v) is 24.2. The molecule has 1 saturated carbocycles. The molecule has 214 valence electrons. The van der Waals surface area contributed by atoms with E-state index in [1.54, 1.807) is 28.6 Å². The van der Waals surface area contributed by atoms with Crippen LogP contribution in [0.5, 0.6) is 0 Å². The number of fused-ring (bicyclic) bond motifs is 2. The monoisotopic (exact) mass is 553 g/mol. The molecule has 3 aromatic heterocycles. The van der Waals surface area contributed by atoms with Crippen LogP contribution in [0, 0.1) is 0 Å². The van der Waals surface area contributed by atoms with Crippen molar-refractivity contribution < 1.29 is 5.11 Å². The number of nitrogens with zero attached hydrogens (tertiary/aromatic N) is 6. The van der Waals surface area contributed by atoms with Crippen molar-refractivity contribution in [3.63, 3.8) is 0 Å². The number of aromatic nitrogens is 5. The Bertz CT molecular complexity index is 1630. The number of nitrogens with one attached hydrogen (secondary N) is 1. The molecule has 1 atom stereocenters. The molecule has 0 radical (unpaired) electrons. The fourth-order valence-corrected chi connectivity index (χ4v) is 6.51. The van der Waals surface area contributed by atoms with Crippen molar-refractivity contribution in [2.45, 2.75) is 76.0 Å². The Morgan fingerprint density at radius 1 is 1.12 bits per heavy atom. The summed E-state index contributed by atoms with van der Waals surface area (Å²) >= 11 is 0. The standard InChI is InChI=1S/C32H39N7O2/c1-5-19-38-30(40)26-20-33-31(34-24-13-8-21(9-14-24)22-10-15-25(16-11-22)37(3)4)36-29(26)39(38)27-17-12-23-7-6-18-32(2,41)28(23)35-27/h5,8-9,12-14,17,20,22,25,41H,1,6-7,10-11,15-16,18-19H2,2-4H3,(H,33,34,36)/t22-,25+,32?. The summed E-state index contributed by atoms with van der Waals surface area (Å²) in [5.74, 6) is 1.51. The third-order valence-corrected chi connectivity index (χ3v) is 8.84. The van der Waals surface area contributed by atoms with Crippen molar-refractivity contribution in [1.82, 2.24) is 29.2 Å². The molecule has 4 aromatic rings. The molecule has 2 aliphatic carbocycles. The van der Waals surface area contributed by atoms with Crippen LogP contribution >= 0.6 is 0 Å². The molecule has 1 unspecified atom stereocenters. The van der Waals surface area contributed by atoms with Gasteiger partial charge in [0.25, 0.3) is 5.56 Å². The van der Waals surface area contributed by atoms with Gasteiger partial charge in [0.2, 0.25) is 5.95 Å². The highest BCUT2D eigenvalue weighted by Crippen LogP contribution is 2.36. The maximum atomic E-state index is 13.4. The van der Waals surface area contributed by atoms with E-state index in [0.717, 1.165) is 24.1 Å². The van der Waals surface area contributed by atoms with E-state index in [0.29, 0.717) is 46.9 Å². The van der Waals surface area contributed by atoms with Crippen LogP contribution in [0.25, 0.3) is 16.9 Å². The number of hydrogen-bond donors (Lipinski definition) is 2. The molecular weight excluding hydrogens is 514 g/mol. The van der Waals surface area contributed by atoms with Crippen LogP contribution in [0.3, 0.4) is 0 Å². The molecule has 1 fully saturated rings. The maximum absolute atomic E-state index is 13.4. The van der Waals surface area contributed by atoms with Gasteiger partial charge in [0.05, 0.1) is 12.2 Å². The third kappa shape index (κ3) is 5.20. The number of rotatable bonds is 7. The molecule has 3 heterocycles. The second-order valence-corrected chi connectivity index (χ2v) is 11.9. The van der Waals surface area contributed by atoms with Crippen LogP contribution in [-0.2, 0) is 18.6 Å². The van der Waals surface area contributed by atoms with Crippen molar-refractivity contribution in [3.8, 4) is 5.82 Å². The lowest BCUT2D eigenvalue weighted by Gasteiger charge is -2.32. The quantitative estimate of drug-likeness (QED) is 0.309. The molecule has 0 saturated heterocycles. The van der Waals surface area contributed by atoms with E-state index in [2.05, 4.69) is 60.1 Å². The molecule has 2 aliphatic rings. The maximum Gasteiger partial charge on any atom is 0.278 e. The summed E-state index contributed by atoms with van der Waals surface area (Å²) in [6.07, 6.45) is 10.6. The van der Waals surface area contributed by atoms with E-state index in [1.807, 2.05) is 12.1 Å². The molecule has 0 aliphatic heterocycles. The number of anilines is 2. The third-order valence-electron chi connectivity index (χ3n) is 8.84. The van der Waals surface area contributed by atoms with Crippen LogP contribution in [0.4, 0.5) is 11.6 Å². The van der Waals surface area contributed by atoms with E-state index >= 15 is 0 Å². The molecule has 2 N–H and O–H groups in total. The fourth-order valence-electron chi connectivity index (χ4n) is 6.51. The van der Waals surface area contributed by atoms with Crippen molar-refractivity contribution >= 4 is 22.7 Å². The van der Waals surface area contributed by atoms with Gasteiger partial charge in [0.15, 0.2) is 11.5 Å². The number of pyridine rings is 1. The van der Waals surface area contributed by atoms with Gasteiger partial charge in [0, 0.05) is 17.9 Å². The Kier molecular flexibility index (Phi) is 7.25. The van der Waals surface area contributed by atoms with Gasteiger partial charge in [-0.1, -0.05) is 24.3 Å². The zero-order valence-electron chi connectivity index (χ0n) is 24.2. The second kappa shape index (κ2) is 10.9. The van der Waals surface area contributed by atoms with E-state index in [1.165, 1.54) is 31.2 Å². The highest BCUT2D eigenvalue weighted by Gasteiger charge is 2.32. The average Bonchev–Trinajstić information content (AvgIpc) is 3.24. The molecule has 9 nitrogen and oxygen atoms in total. The summed E-state index contributed by atoms with van der Waals surface area (Å²) in [5, 5.41) is 14.8. The van der Waals surface area contributed by atoms with Crippen molar-refractivity contribution in [3.05, 3.63) is 82.4 Å². The van der Waals surface area contributed by atoms with Crippen LogP contribution in [0.1, 0.15) is 68.2 Å². The van der Waals surface area contributed by atoms with Crippen molar-refractivity contribution in [2.75, 3.05) is 19.4 Å². The summed E-state index contributed by atoms with van der Waals surface area (Å²) in [7, 11) is 4.35. The lowest BCUT2D eigenvalue weighted by atomic mass is 9.81. The van der Waals surface area contributed by atoms with Gasteiger partial charge in [-0.15, -0.1) is 6.58 Å². The molecular formula is C32H39N7O2. The summed E-state index contributed by atoms with van der Waals surface area (Å²) in [6, 6.07) is 13.1. The first-order chi connectivity index (χ1) is 19.7. The highest BCUT2D eigenvalue weighted by atomic mass is 16.3. The van der Waals surface area contributed by atoms with Gasteiger partial charge >= 0.3 is 0 Å². The van der Waals surface area contributed by atoms with E-state index < -0.39 is 5.60 Å². The van der Waals surface area contributed by atoms with E-state index in [-0.39, 0.29) is 12.1 Å². The van der Waals surface area contributed by atoms with Crippen LogP contribution in [0.15, 0.2) is 60.0 Å². The first-order valence-corrected chi connectivity index (χ1v) is 14.6. The predicted octanol–water partition coefficient (Wildman–Crippen LogP) is 5.04.